The molecule has 1 heterocycles. The number of carbonyl (C=O) groups is 1. The Hall–Kier alpha value is -1.43. The molecular weight excluding hydrogens is 256 g/mol. The van der Waals surface area contributed by atoms with Gasteiger partial charge in [-0.2, -0.15) is 0 Å². The Morgan fingerprint density at radius 2 is 1.95 bits per heavy atom. The van der Waals surface area contributed by atoms with Crippen LogP contribution in [-0.2, 0) is 16.1 Å². The first-order chi connectivity index (χ1) is 9.61. The Balaban J connectivity index is 2.10. The van der Waals surface area contributed by atoms with E-state index in [-0.39, 0.29) is 0 Å². The molecule has 5 heteroatoms. The van der Waals surface area contributed by atoms with Crippen LogP contribution in [0.2, 0.25) is 0 Å². The highest BCUT2D eigenvalue weighted by Gasteiger charge is 2.22. The van der Waals surface area contributed by atoms with Crippen molar-refractivity contribution in [3.05, 3.63) is 35.4 Å². The van der Waals surface area contributed by atoms with Crippen molar-refractivity contribution in [1.82, 2.24) is 9.80 Å². The molecule has 0 radical (unpaired) electrons. The smallest absolute Gasteiger partial charge is 0.339 e. The monoisotopic (exact) mass is 278 g/mol. The van der Waals surface area contributed by atoms with Crippen LogP contribution in [0.1, 0.15) is 17.2 Å². The van der Waals surface area contributed by atoms with Crippen molar-refractivity contribution in [3.8, 4) is 0 Å². The van der Waals surface area contributed by atoms with E-state index in [1.807, 2.05) is 18.2 Å². The van der Waals surface area contributed by atoms with Gasteiger partial charge in [0.15, 0.2) is 6.10 Å². The standard InChI is InChI=1S/C15H22N2O3/c1-16-7-9-17(10-8-16)11-12-5-3-4-6-13(12)14(18)15(19)20-2/h3-6,14,18H,7-11H2,1-2H3. The molecular formula is C15H22N2O3. The van der Waals surface area contributed by atoms with Gasteiger partial charge in [0.1, 0.15) is 0 Å². The first-order valence-electron chi connectivity index (χ1n) is 6.86. The molecule has 1 aromatic rings. The topological polar surface area (TPSA) is 53.0 Å². The summed E-state index contributed by atoms with van der Waals surface area (Å²) in [5.41, 5.74) is 1.62. The van der Waals surface area contributed by atoms with Crippen molar-refractivity contribution in [3.63, 3.8) is 0 Å². The van der Waals surface area contributed by atoms with Crippen LogP contribution in [0.5, 0.6) is 0 Å². The zero-order chi connectivity index (χ0) is 14.5. The van der Waals surface area contributed by atoms with Gasteiger partial charge >= 0.3 is 5.97 Å². The molecule has 1 atom stereocenters. The summed E-state index contributed by atoms with van der Waals surface area (Å²) in [6.45, 7) is 4.83. The minimum atomic E-state index is -1.20. The summed E-state index contributed by atoms with van der Waals surface area (Å²) in [6, 6.07) is 7.50. The maximum Gasteiger partial charge on any atom is 0.339 e. The SMILES string of the molecule is COC(=O)C(O)c1ccccc1CN1CCN(C)CC1. The van der Waals surface area contributed by atoms with E-state index < -0.39 is 12.1 Å². The molecule has 1 N–H and O–H groups in total. The average molecular weight is 278 g/mol. The number of esters is 1. The predicted octanol–water partition coefficient (Wildman–Crippen LogP) is 0.640. The lowest BCUT2D eigenvalue weighted by Crippen LogP contribution is -2.44. The molecule has 0 saturated carbocycles. The molecule has 0 aliphatic carbocycles. The van der Waals surface area contributed by atoms with E-state index in [9.17, 15) is 9.90 Å². The van der Waals surface area contributed by atoms with Crippen molar-refractivity contribution in [1.29, 1.82) is 0 Å². The van der Waals surface area contributed by atoms with Crippen LogP contribution >= 0.6 is 0 Å². The van der Waals surface area contributed by atoms with Crippen LogP contribution in [-0.4, -0.2) is 61.2 Å². The van der Waals surface area contributed by atoms with E-state index in [1.165, 1.54) is 7.11 Å². The first kappa shape index (κ1) is 15.0. The fourth-order valence-corrected chi connectivity index (χ4v) is 2.43. The number of carbonyl (C=O) groups excluding carboxylic acids is 1. The van der Waals surface area contributed by atoms with E-state index in [1.54, 1.807) is 6.07 Å². The maximum absolute atomic E-state index is 11.5. The molecule has 1 saturated heterocycles. The second-order valence-electron chi connectivity index (χ2n) is 5.20. The third kappa shape index (κ3) is 3.56. The first-order valence-corrected chi connectivity index (χ1v) is 6.86. The number of aliphatic hydroxyl groups is 1. The highest BCUT2D eigenvalue weighted by molar-refractivity contribution is 5.76. The number of hydrogen-bond donors (Lipinski definition) is 1. The molecule has 0 spiro atoms. The molecule has 1 unspecified atom stereocenters. The fourth-order valence-electron chi connectivity index (χ4n) is 2.43. The summed E-state index contributed by atoms with van der Waals surface area (Å²) in [4.78, 5) is 16.1. The summed E-state index contributed by atoms with van der Waals surface area (Å²) in [7, 11) is 3.40. The zero-order valence-corrected chi connectivity index (χ0v) is 12.1. The van der Waals surface area contributed by atoms with E-state index >= 15 is 0 Å². The lowest BCUT2D eigenvalue weighted by molar-refractivity contribution is -0.150. The Labute approximate surface area is 119 Å². The molecule has 1 fully saturated rings. The van der Waals surface area contributed by atoms with E-state index in [2.05, 4.69) is 21.6 Å². The average Bonchev–Trinajstić information content (AvgIpc) is 2.48. The maximum atomic E-state index is 11.5. The van der Waals surface area contributed by atoms with E-state index in [0.29, 0.717) is 5.56 Å². The van der Waals surface area contributed by atoms with Crippen LogP contribution < -0.4 is 0 Å². The zero-order valence-electron chi connectivity index (χ0n) is 12.1. The van der Waals surface area contributed by atoms with Crippen LogP contribution in [0.15, 0.2) is 24.3 Å². The highest BCUT2D eigenvalue weighted by Crippen LogP contribution is 2.21. The van der Waals surface area contributed by atoms with Gasteiger partial charge in [0, 0.05) is 32.7 Å². The molecule has 110 valence electrons. The molecule has 20 heavy (non-hydrogen) atoms. The number of rotatable bonds is 4. The lowest BCUT2D eigenvalue weighted by Gasteiger charge is -2.32. The number of likely N-dealkylation sites (N-methyl/N-ethyl adjacent to an activating group) is 1. The second-order valence-corrected chi connectivity index (χ2v) is 5.20. The molecule has 1 aliphatic rings. The Morgan fingerprint density at radius 3 is 2.60 bits per heavy atom. The van der Waals surface area contributed by atoms with Gasteiger partial charge < -0.3 is 14.7 Å². The second kappa shape index (κ2) is 6.83. The van der Waals surface area contributed by atoms with Gasteiger partial charge in [0.2, 0.25) is 0 Å². The van der Waals surface area contributed by atoms with Gasteiger partial charge in [-0.25, -0.2) is 4.79 Å². The summed E-state index contributed by atoms with van der Waals surface area (Å²) < 4.78 is 4.62. The van der Waals surface area contributed by atoms with Crippen molar-refractivity contribution in [2.75, 3.05) is 40.3 Å². The van der Waals surface area contributed by atoms with Crippen molar-refractivity contribution in [2.45, 2.75) is 12.6 Å². The van der Waals surface area contributed by atoms with E-state index in [0.717, 1.165) is 38.3 Å². The number of hydrogen-bond acceptors (Lipinski definition) is 5. The molecule has 5 nitrogen and oxygen atoms in total. The van der Waals surface area contributed by atoms with Gasteiger partial charge in [0.25, 0.3) is 0 Å². The normalized spacial score (nSPS) is 18.8. The predicted molar refractivity (Wildman–Crippen MR) is 76.2 cm³/mol. The van der Waals surface area contributed by atoms with Crippen LogP contribution in [0.3, 0.4) is 0 Å². The Kier molecular flexibility index (Phi) is 5.11. The van der Waals surface area contributed by atoms with Crippen LogP contribution in [0.25, 0.3) is 0 Å². The third-order valence-corrected chi connectivity index (χ3v) is 3.76. The van der Waals surface area contributed by atoms with Crippen LogP contribution in [0, 0.1) is 0 Å². The summed E-state index contributed by atoms with van der Waals surface area (Å²) in [5.74, 6) is -0.615. The Morgan fingerprint density at radius 1 is 1.30 bits per heavy atom. The number of methoxy groups -OCH3 is 1. The summed E-state index contributed by atoms with van der Waals surface area (Å²) in [5, 5.41) is 10.0. The number of benzene rings is 1. The minimum Gasteiger partial charge on any atom is -0.467 e. The van der Waals surface area contributed by atoms with Crippen molar-refractivity contribution < 1.29 is 14.6 Å². The lowest BCUT2D eigenvalue weighted by atomic mass is 10.0. The van der Waals surface area contributed by atoms with Gasteiger partial charge in [-0.15, -0.1) is 0 Å². The quantitative estimate of drug-likeness (QED) is 0.819. The Bertz CT molecular complexity index is 456. The van der Waals surface area contributed by atoms with Gasteiger partial charge in [-0.1, -0.05) is 24.3 Å². The van der Waals surface area contributed by atoms with Crippen molar-refractivity contribution in [2.24, 2.45) is 0 Å². The largest absolute Gasteiger partial charge is 0.467 e. The highest BCUT2D eigenvalue weighted by atomic mass is 16.5. The van der Waals surface area contributed by atoms with E-state index in [4.69, 9.17) is 0 Å². The third-order valence-electron chi connectivity index (χ3n) is 3.76. The summed E-state index contributed by atoms with van der Waals surface area (Å²) >= 11 is 0. The molecule has 2 rings (SSSR count). The molecule has 1 aliphatic heterocycles. The number of piperazine rings is 1. The number of ether oxygens (including phenoxy) is 1. The number of aliphatic hydroxyl groups excluding tert-OH is 1. The molecule has 0 amide bonds. The molecule has 1 aromatic carbocycles. The van der Waals surface area contributed by atoms with Gasteiger partial charge in [-0.3, -0.25) is 4.90 Å². The fraction of sp³-hybridized carbons (Fsp3) is 0.533. The number of nitrogens with zero attached hydrogens (tertiary/aromatic N) is 2. The van der Waals surface area contributed by atoms with Crippen LogP contribution in [0.4, 0.5) is 0 Å². The molecule has 0 aromatic heterocycles. The van der Waals surface area contributed by atoms with Gasteiger partial charge in [0.05, 0.1) is 7.11 Å². The summed E-state index contributed by atoms with van der Waals surface area (Å²) in [6.07, 6.45) is -1.20. The molecule has 0 bridgehead atoms. The minimum absolute atomic E-state index is 0.615. The van der Waals surface area contributed by atoms with Gasteiger partial charge in [-0.05, 0) is 18.2 Å². The van der Waals surface area contributed by atoms with Crippen molar-refractivity contribution >= 4 is 5.97 Å².